The summed E-state index contributed by atoms with van der Waals surface area (Å²) in [5, 5.41) is 13.0. The molecule has 17 heavy (non-hydrogen) atoms. The number of rotatable bonds is 2. The molecule has 86 valence electrons. The van der Waals surface area contributed by atoms with Crippen molar-refractivity contribution in [3.05, 3.63) is 41.1 Å². The standard InChI is InChI=1S/C13H13N3O/c1-9-6-12(5-4-11(9)8-14)17-13-7-10(2)15-16(13)3/h4-7H,1-3H3. The molecule has 0 atom stereocenters. The highest BCUT2D eigenvalue weighted by Crippen LogP contribution is 2.23. The fourth-order valence-corrected chi connectivity index (χ4v) is 1.63. The van der Waals surface area contributed by atoms with Crippen LogP contribution in [0, 0.1) is 25.2 Å². The first kappa shape index (κ1) is 11.2. The van der Waals surface area contributed by atoms with Crippen LogP contribution in [0.15, 0.2) is 24.3 Å². The smallest absolute Gasteiger partial charge is 0.217 e. The number of benzene rings is 1. The van der Waals surface area contributed by atoms with Crippen LogP contribution in [0.5, 0.6) is 11.6 Å². The molecule has 0 radical (unpaired) electrons. The van der Waals surface area contributed by atoms with Gasteiger partial charge in [0.1, 0.15) is 5.75 Å². The van der Waals surface area contributed by atoms with Crippen molar-refractivity contribution in [2.45, 2.75) is 13.8 Å². The second kappa shape index (κ2) is 4.30. The van der Waals surface area contributed by atoms with Gasteiger partial charge in [-0.2, -0.15) is 10.4 Å². The summed E-state index contributed by atoms with van der Waals surface area (Å²) >= 11 is 0. The molecule has 1 heterocycles. The minimum atomic E-state index is 0.665. The minimum absolute atomic E-state index is 0.665. The normalized spacial score (nSPS) is 10.0. The molecule has 4 heteroatoms. The van der Waals surface area contributed by atoms with Gasteiger partial charge in [-0.25, -0.2) is 4.68 Å². The van der Waals surface area contributed by atoms with Gasteiger partial charge in [-0.1, -0.05) is 0 Å². The fourth-order valence-electron chi connectivity index (χ4n) is 1.63. The molecular weight excluding hydrogens is 214 g/mol. The van der Waals surface area contributed by atoms with E-state index in [4.69, 9.17) is 10.00 Å². The number of aryl methyl sites for hydroxylation is 3. The Balaban J connectivity index is 2.28. The molecule has 2 aromatic rings. The SMILES string of the molecule is Cc1cc(Oc2ccc(C#N)c(C)c2)n(C)n1. The average molecular weight is 227 g/mol. The van der Waals surface area contributed by atoms with Crippen LogP contribution in [-0.4, -0.2) is 9.78 Å². The van der Waals surface area contributed by atoms with Gasteiger partial charge in [-0.05, 0) is 37.6 Å². The van der Waals surface area contributed by atoms with Gasteiger partial charge in [0.2, 0.25) is 5.88 Å². The molecular formula is C13H13N3O. The first-order valence-corrected chi connectivity index (χ1v) is 5.29. The Bertz CT molecular complexity index is 593. The van der Waals surface area contributed by atoms with Gasteiger partial charge in [0.15, 0.2) is 0 Å². The van der Waals surface area contributed by atoms with Gasteiger partial charge < -0.3 is 4.74 Å². The van der Waals surface area contributed by atoms with Crippen molar-refractivity contribution in [1.82, 2.24) is 9.78 Å². The Morgan fingerprint density at radius 3 is 2.59 bits per heavy atom. The van der Waals surface area contributed by atoms with E-state index in [9.17, 15) is 0 Å². The van der Waals surface area contributed by atoms with Crippen molar-refractivity contribution in [1.29, 1.82) is 5.26 Å². The molecule has 1 aromatic carbocycles. The lowest BCUT2D eigenvalue weighted by Crippen LogP contribution is -1.95. The first-order chi connectivity index (χ1) is 8.10. The lowest BCUT2D eigenvalue weighted by molar-refractivity contribution is 0.430. The number of nitrogens with zero attached hydrogens (tertiary/aromatic N) is 3. The van der Waals surface area contributed by atoms with E-state index in [1.54, 1.807) is 16.8 Å². The molecule has 0 N–H and O–H groups in total. The summed E-state index contributed by atoms with van der Waals surface area (Å²) in [6.45, 7) is 3.80. The van der Waals surface area contributed by atoms with E-state index in [-0.39, 0.29) is 0 Å². The Labute approximate surface area is 100 Å². The molecule has 0 saturated carbocycles. The maximum Gasteiger partial charge on any atom is 0.217 e. The third kappa shape index (κ3) is 2.28. The summed E-state index contributed by atoms with van der Waals surface area (Å²) in [6.07, 6.45) is 0. The van der Waals surface area contributed by atoms with Crippen molar-refractivity contribution in [2.75, 3.05) is 0 Å². The highest BCUT2D eigenvalue weighted by Gasteiger charge is 2.05. The summed E-state index contributed by atoms with van der Waals surface area (Å²) < 4.78 is 7.38. The van der Waals surface area contributed by atoms with E-state index < -0.39 is 0 Å². The topological polar surface area (TPSA) is 50.8 Å². The van der Waals surface area contributed by atoms with Crippen molar-refractivity contribution >= 4 is 0 Å². The molecule has 0 aliphatic heterocycles. The average Bonchev–Trinajstić information content (AvgIpc) is 2.58. The van der Waals surface area contributed by atoms with Gasteiger partial charge in [-0.3, -0.25) is 0 Å². The summed E-state index contributed by atoms with van der Waals surface area (Å²) in [4.78, 5) is 0. The predicted molar refractivity (Wildman–Crippen MR) is 63.9 cm³/mol. The Hall–Kier alpha value is -2.28. The van der Waals surface area contributed by atoms with Crippen molar-refractivity contribution in [2.24, 2.45) is 7.05 Å². The van der Waals surface area contributed by atoms with Crippen molar-refractivity contribution < 1.29 is 4.74 Å². The molecule has 0 saturated heterocycles. The van der Waals surface area contributed by atoms with Crippen LogP contribution in [0.3, 0.4) is 0 Å². The summed E-state index contributed by atoms with van der Waals surface area (Å²) in [5.41, 5.74) is 2.48. The predicted octanol–water partition coefficient (Wildman–Crippen LogP) is 2.70. The summed E-state index contributed by atoms with van der Waals surface area (Å²) in [6, 6.07) is 9.39. The molecule has 0 aliphatic rings. The number of nitriles is 1. The van der Waals surface area contributed by atoms with Gasteiger partial charge in [0.25, 0.3) is 0 Å². The van der Waals surface area contributed by atoms with Crippen LogP contribution in [-0.2, 0) is 7.05 Å². The van der Waals surface area contributed by atoms with Crippen molar-refractivity contribution in [3.63, 3.8) is 0 Å². The molecule has 0 unspecified atom stereocenters. The van der Waals surface area contributed by atoms with Gasteiger partial charge in [-0.15, -0.1) is 0 Å². The lowest BCUT2D eigenvalue weighted by Gasteiger charge is -2.06. The highest BCUT2D eigenvalue weighted by molar-refractivity contribution is 5.42. The van der Waals surface area contributed by atoms with E-state index in [1.165, 1.54) is 0 Å². The van der Waals surface area contributed by atoms with E-state index in [2.05, 4.69) is 11.2 Å². The maximum atomic E-state index is 8.84. The summed E-state index contributed by atoms with van der Waals surface area (Å²) in [5.74, 6) is 1.40. The molecule has 1 aromatic heterocycles. The molecule has 0 amide bonds. The Morgan fingerprint density at radius 1 is 1.29 bits per heavy atom. The summed E-state index contributed by atoms with van der Waals surface area (Å²) in [7, 11) is 1.83. The molecule has 0 spiro atoms. The van der Waals surface area contributed by atoms with E-state index in [0.717, 1.165) is 11.3 Å². The zero-order valence-corrected chi connectivity index (χ0v) is 10.1. The van der Waals surface area contributed by atoms with Gasteiger partial charge in [0.05, 0.1) is 17.3 Å². The third-order valence-electron chi connectivity index (χ3n) is 2.50. The van der Waals surface area contributed by atoms with E-state index >= 15 is 0 Å². The second-order valence-electron chi connectivity index (χ2n) is 3.94. The van der Waals surface area contributed by atoms with Crippen LogP contribution >= 0.6 is 0 Å². The Morgan fingerprint density at radius 2 is 2.06 bits per heavy atom. The van der Waals surface area contributed by atoms with Gasteiger partial charge >= 0.3 is 0 Å². The second-order valence-corrected chi connectivity index (χ2v) is 3.94. The largest absolute Gasteiger partial charge is 0.439 e. The number of aromatic nitrogens is 2. The Kier molecular flexibility index (Phi) is 2.84. The molecule has 0 bridgehead atoms. The fraction of sp³-hybridized carbons (Fsp3) is 0.231. The number of hydrogen-bond donors (Lipinski definition) is 0. The van der Waals surface area contributed by atoms with Crippen LogP contribution < -0.4 is 4.74 Å². The minimum Gasteiger partial charge on any atom is -0.439 e. The molecule has 0 aliphatic carbocycles. The monoisotopic (exact) mass is 227 g/mol. The van der Waals surface area contributed by atoms with E-state index in [0.29, 0.717) is 17.2 Å². The molecule has 2 rings (SSSR count). The van der Waals surface area contributed by atoms with Crippen LogP contribution in [0.4, 0.5) is 0 Å². The van der Waals surface area contributed by atoms with Gasteiger partial charge in [0, 0.05) is 13.1 Å². The quantitative estimate of drug-likeness (QED) is 0.792. The first-order valence-electron chi connectivity index (χ1n) is 5.29. The zero-order chi connectivity index (χ0) is 12.4. The van der Waals surface area contributed by atoms with E-state index in [1.807, 2.05) is 33.0 Å². The highest BCUT2D eigenvalue weighted by atomic mass is 16.5. The molecule has 4 nitrogen and oxygen atoms in total. The zero-order valence-electron chi connectivity index (χ0n) is 10.1. The van der Waals surface area contributed by atoms with Crippen LogP contribution in [0.25, 0.3) is 0 Å². The van der Waals surface area contributed by atoms with Crippen molar-refractivity contribution in [3.8, 4) is 17.7 Å². The lowest BCUT2D eigenvalue weighted by atomic mass is 10.1. The maximum absolute atomic E-state index is 8.84. The third-order valence-corrected chi connectivity index (χ3v) is 2.50. The van der Waals surface area contributed by atoms with Crippen LogP contribution in [0.2, 0.25) is 0 Å². The number of ether oxygens (including phenoxy) is 1. The number of hydrogen-bond acceptors (Lipinski definition) is 3. The molecule has 0 fully saturated rings. The van der Waals surface area contributed by atoms with Crippen LogP contribution in [0.1, 0.15) is 16.8 Å².